The summed E-state index contributed by atoms with van der Waals surface area (Å²) in [5.74, 6) is 1.61. The number of nitrogens with zero attached hydrogens (tertiary/aromatic N) is 3. The average Bonchev–Trinajstić information content (AvgIpc) is 2.38. The first kappa shape index (κ1) is 14.3. The van der Waals surface area contributed by atoms with E-state index in [-0.39, 0.29) is 11.4 Å². The molecular formula is C11H14N4O2S. The zero-order valence-electron chi connectivity index (χ0n) is 10.0. The zero-order valence-corrected chi connectivity index (χ0v) is 10.9. The van der Waals surface area contributed by atoms with Gasteiger partial charge in [0.15, 0.2) is 0 Å². The summed E-state index contributed by atoms with van der Waals surface area (Å²) in [6, 6.07) is 4.55. The van der Waals surface area contributed by atoms with Crippen molar-refractivity contribution in [3.8, 4) is 6.07 Å². The molecule has 0 bridgehead atoms. The van der Waals surface area contributed by atoms with Crippen molar-refractivity contribution < 1.29 is 4.92 Å². The van der Waals surface area contributed by atoms with Gasteiger partial charge >= 0.3 is 5.69 Å². The highest BCUT2D eigenvalue weighted by Gasteiger charge is 2.15. The molecule has 0 spiro atoms. The Morgan fingerprint density at radius 2 is 2.33 bits per heavy atom. The second-order valence-electron chi connectivity index (χ2n) is 3.56. The lowest BCUT2D eigenvalue weighted by Crippen LogP contribution is -2.05. The van der Waals surface area contributed by atoms with E-state index < -0.39 is 4.92 Å². The number of hydrogen-bond donors (Lipinski definition) is 1. The standard InChI is InChI=1S/C11H14N4O2S/c1-18-7-3-2-6-13-11-5-4-10(15(16)17)9(8-12)14-11/h4-5H,2-3,6-7H2,1H3,(H,13,14). The van der Waals surface area contributed by atoms with Crippen LogP contribution in [0.5, 0.6) is 0 Å². The number of nitro groups is 1. The first-order chi connectivity index (χ1) is 8.69. The third kappa shape index (κ3) is 4.22. The van der Waals surface area contributed by atoms with Crippen molar-refractivity contribution in [3.63, 3.8) is 0 Å². The van der Waals surface area contributed by atoms with Crippen molar-refractivity contribution in [2.75, 3.05) is 23.9 Å². The van der Waals surface area contributed by atoms with Gasteiger partial charge in [0, 0.05) is 12.6 Å². The van der Waals surface area contributed by atoms with Gasteiger partial charge in [0.1, 0.15) is 11.9 Å². The van der Waals surface area contributed by atoms with Gasteiger partial charge in [0.25, 0.3) is 0 Å². The molecule has 0 saturated heterocycles. The van der Waals surface area contributed by atoms with Crippen LogP contribution in [-0.2, 0) is 0 Å². The largest absolute Gasteiger partial charge is 0.370 e. The van der Waals surface area contributed by atoms with E-state index in [2.05, 4.69) is 16.6 Å². The Kier molecular flexibility index (Phi) is 5.94. The summed E-state index contributed by atoms with van der Waals surface area (Å²) in [6.07, 6.45) is 4.16. The monoisotopic (exact) mass is 266 g/mol. The summed E-state index contributed by atoms with van der Waals surface area (Å²) < 4.78 is 0. The number of thioether (sulfide) groups is 1. The number of rotatable bonds is 7. The predicted octanol–water partition coefficient (Wildman–Crippen LogP) is 2.42. The van der Waals surface area contributed by atoms with E-state index in [0.717, 1.165) is 25.1 Å². The van der Waals surface area contributed by atoms with Crippen LogP contribution in [0.1, 0.15) is 18.5 Å². The van der Waals surface area contributed by atoms with Gasteiger partial charge in [-0.1, -0.05) is 0 Å². The van der Waals surface area contributed by atoms with E-state index in [1.54, 1.807) is 17.8 Å². The molecule has 7 heteroatoms. The minimum atomic E-state index is -0.603. The summed E-state index contributed by atoms with van der Waals surface area (Å²) in [7, 11) is 0. The van der Waals surface area contributed by atoms with Crippen LogP contribution in [0, 0.1) is 21.4 Å². The molecule has 18 heavy (non-hydrogen) atoms. The molecule has 0 aliphatic carbocycles. The van der Waals surface area contributed by atoms with E-state index in [9.17, 15) is 10.1 Å². The molecule has 1 aromatic heterocycles. The topological polar surface area (TPSA) is 91.9 Å². The Morgan fingerprint density at radius 1 is 1.56 bits per heavy atom. The third-order valence-corrected chi connectivity index (χ3v) is 2.95. The van der Waals surface area contributed by atoms with E-state index in [4.69, 9.17) is 5.26 Å². The molecular weight excluding hydrogens is 252 g/mol. The first-order valence-electron chi connectivity index (χ1n) is 5.47. The smallest absolute Gasteiger partial charge is 0.305 e. The highest BCUT2D eigenvalue weighted by molar-refractivity contribution is 7.98. The molecule has 1 N–H and O–H groups in total. The van der Waals surface area contributed by atoms with Gasteiger partial charge in [-0.2, -0.15) is 17.0 Å². The summed E-state index contributed by atoms with van der Waals surface area (Å²) in [5, 5.41) is 22.5. The summed E-state index contributed by atoms with van der Waals surface area (Å²) in [4.78, 5) is 13.9. The van der Waals surface area contributed by atoms with Gasteiger partial charge in [-0.25, -0.2) is 4.98 Å². The molecule has 6 nitrogen and oxygen atoms in total. The van der Waals surface area contributed by atoms with Crippen molar-refractivity contribution in [1.29, 1.82) is 5.26 Å². The third-order valence-electron chi connectivity index (χ3n) is 2.26. The minimum absolute atomic E-state index is 0.158. The van der Waals surface area contributed by atoms with E-state index >= 15 is 0 Å². The Bertz CT molecular complexity index is 459. The maximum atomic E-state index is 10.6. The van der Waals surface area contributed by atoms with Crippen molar-refractivity contribution in [2.45, 2.75) is 12.8 Å². The summed E-state index contributed by atoms with van der Waals surface area (Å²) in [5.41, 5.74) is -0.417. The quantitative estimate of drug-likeness (QED) is 0.463. The average molecular weight is 266 g/mol. The Labute approximate surface area is 110 Å². The van der Waals surface area contributed by atoms with Crippen LogP contribution in [0.25, 0.3) is 0 Å². The van der Waals surface area contributed by atoms with Gasteiger partial charge < -0.3 is 5.32 Å². The molecule has 96 valence electrons. The van der Waals surface area contributed by atoms with Crippen LogP contribution < -0.4 is 5.32 Å². The summed E-state index contributed by atoms with van der Waals surface area (Å²) >= 11 is 1.80. The molecule has 0 saturated carbocycles. The van der Waals surface area contributed by atoms with Crippen molar-refractivity contribution >= 4 is 23.3 Å². The van der Waals surface area contributed by atoms with Crippen LogP contribution in [-0.4, -0.2) is 28.5 Å². The number of hydrogen-bond acceptors (Lipinski definition) is 6. The highest BCUT2D eigenvalue weighted by Crippen LogP contribution is 2.18. The van der Waals surface area contributed by atoms with Crippen LogP contribution >= 0.6 is 11.8 Å². The molecule has 0 aromatic carbocycles. The molecule has 0 atom stereocenters. The molecule has 0 aliphatic rings. The number of anilines is 1. The van der Waals surface area contributed by atoms with Crippen LogP contribution in [0.3, 0.4) is 0 Å². The van der Waals surface area contributed by atoms with E-state index in [1.807, 2.05) is 0 Å². The SMILES string of the molecule is CSCCCCNc1ccc([N+](=O)[O-])c(C#N)n1. The molecule has 0 amide bonds. The second-order valence-corrected chi connectivity index (χ2v) is 4.55. The van der Waals surface area contributed by atoms with E-state index in [0.29, 0.717) is 5.82 Å². The molecule has 0 radical (unpaired) electrons. The Morgan fingerprint density at radius 3 is 2.94 bits per heavy atom. The molecule has 1 aromatic rings. The zero-order chi connectivity index (χ0) is 13.4. The molecule has 0 unspecified atom stereocenters. The fourth-order valence-electron chi connectivity index (χ4n) is 1.37. The molecule has 0 fully saturated rings. The lowest BCUT2D eigenvalue weighted by atomic mass is 10.3. The minimum Gasteiger partial charge on any atom is -0.370 e. The van der Waals surface area contributed by atoms with Crippen molar-refractivity contribution in [1.82, 2.24) is 4.98 Å². The maximum Gasteiger partial charge on any atom is 0.305 e. The van der Waals surface area contributed by atoms with Gasteiger partial charge in [-0.05, 0) is 30.9 Å². The van der Waals surface area contributed by atoms with E-state index in [1.165, 1.54) is 12.1 Å². The number of aromatic nitrogens is 1. The Hall–Kier alpha value is -1.81. The number of unbranched alkanes of at least 4 members (excludes halogenated alkanes) is 1. The van der Waals surface area contributed by atoms with Crippen LogP contribution in [0.15, 0.2) is 12.1 Å². The number of nitriles is 1. The lowest BCUT2D eigenvalue weighted by Gasteiger charge is -2.05. The fourth-order valence-corrected chi connectivity index (χ4v) is 1.86. The second kappa shape index (κ2) is 7.50. The van der Waals surface area contributed by atoms with Gasteiger partial charge in [-0.15, -0.1) is 0 Å². The van der Waals surface area contributed by atoms with Gasteiger partial charge in [0.05, 0.1) is 4.92 Å². The van der Waals surface area contributed by atoms with Gasteiger partial charge in [-0.3, -0.25) is 10.1 Å². The van der Waals surface area contributed by atoms with Crippen LogP contribution in [0.4, 0.5) is 11.5 Å². The number of nitrogens with one attached hydrogen (secondary N) is 1. The van der Waals surface area contributed by atoms with Crippen molar-refractivity contribution in [3.05, 3.63) is 27.9 Å². The van der Waals surface area contributed by atoms with Gasteiger partial charge in [0.2, 0.25) is 5.69 Å². The predicted molar refractivity (Wildman–Crippen MR) is 71.7 cm³/mol. The molecule has 1 rings (SSSR count). The highest BCUT2D eigenvalue weighted by atomic mass is 32.2. The maximum absolute atomic E-state index is 10.6. The molecule has 0 aliphatic heterocycles. The normalized spacial score (nSPS) is 9.78. The number of pyridine rings is 1. The lowest BCUT2D eigenvalue weighted by molar-refractivity contribution is -0.385. The van der Waals surface area contributed by atoms with Crippen LogP contribution in [0.2, 0.25) is 0 Å². The summed E-state index contributed by atoms with van der Waals surface area (Å²) in [6.45, 7) is 0.746. The first-order valence-corrected chi connectivity index (χ1v) is 6.86. The Balaban J connectivity index is 2.58. The fraction of sp³-hybridized carbons (Fsp3) is 0.455. The molecule has 1 heterocycles. The van der Waals surface area contributed by atoms with Crippen molar-refractivity contribution in [2.24, 2.45) is 0 Å².